The Morgan fingerprint density at radius 1 is 1.05 bits per heavy atom. The van der Waals surface area contributed by atoms with E-state index in [1.165, 1.54) is 22.8 Å². The summed E-state index contributed by atoms with van der Waals surface area (Å²) in [6, 6.07) is 13.2. The molecule has 0 spiro atoms. The SMILES string of the molecule is CCCCc1nc(O)c(S(=O)(=O)c2ccc(-c3ccncc3C)cc2)c(=O)n1[C@@H](CC)c1ccccc1F. The third-order valence-corrected chi connectivity index (χ3v) is 8.40. The molecule has 1 atom stereocenters. The van der Waals surface area contributed by atoms with Gasteiger partial charge in [0.15, 0.2) is 4.90 Å². The van der Waals surface area contributed by atoms with Gasteiger partial charge in [0.25, 0.3) is 5.56 Å². The molecule has 0 amide bonds. The van der Waals surface area contributed by atoms with Crippen LogP contribution >= 0.6 is 0 Å². The number of hydrogen-bond acceptors (Lipinski definition) is 6. The molecule has 0 radical (unpaired) electrons. The van der Waals surface area contributed by atoms with Gasteiger partial charge in [0.05, 0.1) is 10.9 Å². The number of sulfone groups is 1. The number of aromatic nitrogens is 3. The van der Waals surface area contributed by atoms with E-state index in [2.05, 4.69) is 9.97 Å². The van der Waals surface area contributed by atoms with E-state index in [1.807, 2.05) is 19.9 Å². The Hall–Kier alpha value is -3.85. The first kappa shape index (κ1) is 27.2. The van der Waals surface area contributed by atoms with Gasteiger partial charge in [-0.05, 0) is 60.7 Å². The van der Waals surface area contributed by atoms with Gasteiger partial charge in [-0.25, -0.2) is 12.8 Å². The lowest BCUT2D eigenvalue weighted by Crippen LogP contribution is -2.34. The van der Waals surface area contributed by atoms with Crippen LogP contribution in [0.3, 0.4) is 0 Å². The third kappa shape index (κ3) is 5.11. The van der Waals surface area contributed by atoms with Gasteiger partial charge in [0.2, 0.25) is 15.7 Å². The maximum Gasteiger partial charge on any atom is 0.277 e. The monoisotopic (exact) mass is 535 g/mol. The van der Waals surface area contributed by atoms with E-state index in [-0.39, 0.29) is 16.3 Å². The van der Waals surface area contributed by atoms with Gasteiger partial charge in [0.1, 0.15) is 11.6 Å². The molecule has 0 bridgehead atoms. The molecule has 0 aliphatic heterocycles. The zero-order chi connectivity index (χ0) is 27.4. The molecule has 0 saturated carbocycles. The van der Waals surface area contributed by atoms with E-state index in [0.717, 1.165) is 23.1 Å². The Kier molecular flexibility index (Phi) is 8.06. The number of nitrogens with zero attached hydrogens (tertiary/aromatic N) is 3. The van der Waals surface area contributed by atoms with Crippen molar-refractivity contribution in [3.63, 3.8) is 0 Å². The minimum atomic E-state index is -4.46. The highest BCUT2D eigenvalue weighted by Crippen LogP contribution is 2.31. The van der Waals surface area contributed by atoms with Crippen LogP contribution in [0.25, 0.3) is 11.1 Å². The summed E-state index contributed by atoms with van der Waals surface area (Å²) in [5, 5.41) is 10.8. The Morgan fingerprint density at radius 3 is 2.39 bits per heavy atom. The zero-order valence-electron chi connectivity index (χ0n) is 21.6. The molecule has 0 unspecified atom stereocenters. The van der Waals surface area contributed by atoms with E-state index in [1.54, 1.807) is 49.6 Å². The van der Waals surface area contributed by atoms with Crippen molar-refractivity contribution < 1.29 is 17.9 Å². The van der Waals surface area contributed by atoms with Crippen LogP contribution in [0, 0.1) is 12.7 Å². The van der Waals surface area contributed by atoms with Crippen molar-refractivity contribution in [2.45, 2.75) is 62.3 Å². The van der Waals surface area contributed by atoms with Gasteiger partial charge in [0, 0.05) is 24.4 Å². The van der Waals surface area contributed by atoms with E-state index >= 15 is 0 Å². The molecule has 198 valence electrons. The van der Waals surface area contributed by atoms with E-state index < -0.39 is 38.0 Å². The molecule has 4 rings (SSSR count). The fraction of sp³-hybridized carbons (Fsp3) is 0.276. The van der Waals surface area contributed by atoms with Crippen LogP contribution < -0.4 is 5.56 Å². The summed E-state index contributed by atoms with van der Waals surface area (Å²) in [5.74, 6) is -1.14. The van der Waals surface area contributed by atoms with Crippen molar-refractivity contribution in [2.24, 2.45) is 0 Å². The van der Waals surface area contributed by atoms with E-state index in [4.69, 9.17) is 0 Å². The Bertz CT molecular complexity index is 1620. The van der Waals surface area contributed by atoms with Crippen LogP contribution in [0.1, 0.15) is 56.1 Å². The molecule has 4 aromatic rings. The first-order chi connectivity index (χ1) is 18.2. The van der Waals surface area contributed by atoms with Crippen LogP contribution in [-0.4, -0.2) is 28.1 Å². The molecule has 7 nitrogen and oxygen atoms in total. The second kappa shape index (κ2) is 11.3. The van der Waals surface area contributed by atoms with Gasteiger partial charge < -0.3 is 5.11 Å². The molecule has 2 heterocycles. The minimum absolute atomic E-state index is 0.158. The van der Waals surface area contributed by atoms with Gasteiger partial charge in [-0.15, -0.1) is 0 Å². The Morgan fingerprint density at radius 2 is 1.76 bits per heavy atom. The second-order valence-corrected chi connectivity index (χ2v) is 11.0. The fourth-order valence-corrected chi connectivity index (χ4v) is 5.98. The number of benzene rings is 2. The summed E-state index contributed by atoms with van der Waals surface area (Å²) in [6.07, 6.45) is 5.44. The quantitative estimate of drug-likeness (QED) is 0.298. The van der Waals surface area contributed by atoms with Crippen molar-refractivity contribution in [1.82, 2.24) is 14.5 Å². The molecule has 0 aliphatic rings. The van der Waals surface area contributed by atoms with Gasteiger partial charge in [-0.1, -0.05) is 50.6 Å². The van der Waals surface area contributed by atoms with Crippen molar-refractivity contribution in [3.05, 3.63) is 100 Å². The van der Waals surface area contributed by atoms with Gasteiger partial charge >= 0.3 is 0 Å². The van der Waals surface area contributed by atoms with Crippen LogP contribution in [0.15, 0.2) is 81.6 Å². The molecule has 2 aromatic carbocycles. The number of hydrogen-bond donors (Lipinski definition) is 1. The average Bonchev–Trinajstić information content (AvgIpc) is 2.90. The third-order valence-electron chi connectivity index (χ3n) is 6.61. The predicted molar refractivity (Wildman–Crippen MR) is 143 cm³/mol. The maximum atomic E-state index is 14.8. The van der Waals surface area contributed by atoms with Crippen molar-refractivity contribution >= 4 is 9.84 Å². The zero-order valence-corrected chi connectivity index (χ0v) is 22.4. The number of halogens is 1. The Balaban J connectivity index is 1.88. The fourth-order valence-electron chi connectivity index (χ4n) is 4.63. The van der Waals surface area contributed by atoms with E-state index in [0.29, 0.717) is 19.3 Å². The standard InChI is InChI=1S/C29H30FN3O4S/c1-4-6-11-26-32-28(34)27(29(35)33(26)25(5-2)23-9-7-8-10-24(23)30)38(36,37)21-14-12-20(13-15-21)22-16-17-31-18-19(22)3/h7-10,12-18,25,34H,4-6,11H2,1-3H3/t25-/m0/s1. The maximum absolute atomic E-state index is 14.8. The molecule has 0 fully saturated rings. The molecular weight excluding hydrogens is 505 g/mol. The summed E-state index contributed by atoms with van der Waals surface area (Å²) >= 11 is 0. The molecule has 0 saturated heterocycles. The normalized spacial score (nSPS) is 12.4. The highest BCUT2D eigenvalue weighted by atomic mass is 32.2. The largest absolute Gasteiger partial charge is 0.492 e. The van der Waals surface area contributed by atoms with Crippen LogP contribution in [0.2, 0.25) is 0 Å². The lowest BCUT2D eigenvalue weighted by Gasteiger charge is -2.23. The van der Waals surface area contributed by atoms with Crippen LogP contribution in [-0.2, 0) is 16.3 Å². The predicted octanol–water partition coefficient (Wildman–Crippen LogP) is 5.63. The number of aromatic hydroxyl groups is 1. The lowest BCUT2D eigenvalue weighted by molar-refractivity contribution is 0.403. The summed E-state index contributed by atoms with van der Waals surface area (Å²) in [5.41, 5.74) is 1.93. The first-order valence-corrected chi connectivity index (χ1v) is 14.0. The smallest absolute Gasteiger partial charge is 0.277 e. The van der Waals surface area contributed by atoms with Crippen molar-refractivity contribution in [1.29, 1.82) is 0 Å². The molecular formula is C29H30FN3O4S. The molecule has 38 heavy (non-hydrogen) atoms. The average molecular weight is 536 g/mol. The molecule has 0 aliphatic carbocycles. The van der Waals surface area contributed by atoms with E-state index in [9.17, 15) is 22.7 Å². The number of pyridine rings is 1. The van der Waals surface area contributed by atoms with Crippen molar-refractivity contribution in [2.75, 3.05) is 0 Å². The van der Waals surface area contributed by atoms with Gasteiger partial charge in [-0.3, -0.25) is 14.3 Å². The second-order valence-electron chi connectivity index (χ2n) is 9.12. The lowest BCUT2D eigenvalue weighted by atomic mass is 10.0. The van der Waals surface area contributed by atoms with Crippen LogP contribution in [0.5, 0.6) is 5.88 Å². The highest BCUT2D eigenvalue weighted by molar-refractivity contribution is 7.91. The van der Waals surface area contributed by atoms with Crippen molar-refractivity contribution in [3.8, 4) is 17.0 Å². The molecule has 1 N–H and O–H groups in total. The Labute approximate surface area is 221 Å². The number of unbranched alkanes of at least 4 members (excludes halogenated alkanes) is 1. The summed E-state index contributed by atoms with van der Waals surface area (Å²) < 4.78 is 43.4. The van der Waals surface area contributed by atoms with Crippen LogP contribution in [0.4, 0.5) is 4.39 Å². The summed E-state index contributed by atoms with van der Waals surface area (Å²) in [6.45, 7) is 5.65. The van der Waals surface area contributed by atoms with Gasteiger partial charge in [-0.2, -0.15) is 4.98 Å². The summed E-state index contributed by atoms with van der Waals surface area (Å²) in [4.78, 5) is 21.1. The first-order valence-electron chi connectivity index (χ1n) is 12.6. The molecule has 2 aromatic heterocycles. The molecule has 9 heteroatoms. The number of rotatable bonds is 9. The minimum Gasteiger partial charge on any atom is -0.492 e. The highest BCUT2D eigenvalue weighted by Gasteiger charge is 2.32. The number of aryl methyl sites for hydroxylation is 2. The summed E-state index contributed by atoms with van der Waals surface area (Å²) in [7, 11) is -4.46. The topological polar surface area (TPSA) is 102 Å².